The van der Waals surface area contributed by atoms with E-state index in [0.717, 1.165) is 16.8 Å². The van der Waals surface area contributed by atoms with Crippen LogP contribution in [0.3, 0.4) is 0 Å². The Morgan fingerprint density at radius 3 is 2.68 bits per heavy atom. The van der Waals surface area contributed by atoms with Crippen molar-refractivity contribution in [3.8, 4) is 0 Å². The molecule has 1 N–H and O–H groups in total. The predicted molar refractivity (Wildman–Crippen MR) is 84.3 cm³/mol. The SMILES string of the molecule is Cc1cc(C)c(NC(=O)CSC2CCCC2)c(Cl)c1. The fourth-order valence-electron chi connectivity index (χ4n) is 2.50. The molecule has 1 aromatic rings. The Kier molecular flexibility index (Phi) is 5.17. The van der Waals surface area contributed by atoms with Gasteiger partial charge in [-0.15, -0.1) is 11.8 Å². The van der Waals surface area contributed by atoms with E-state index in [9.17, 15) is 4.79 Å². The molecule has 1 aliphatic carbocycles. The molecule has 104 valence electrons. The Bertz CT molecular complexity index is 446. The molecule has 0 spiro atoms. The minimum atomic E-state index is 0.0470. The van der Waals surface area contributed by atoms with Gasteiger partial charge < -0.3 is 5.32 Å². The zero-order valence-corrected chi connectivity index (χ0v) is 13.0. The maximum Gasteiger partial charge on any atom is 0.234 e. The minimum absolute atomic E-state index is 0.0470. The number of hydrogen-bond donors (Lipinski definition) is 1. The largest absolute Gasteiger partial charge is 0.324 e. The number of anilines is 1. The summed E-state index contributed by atoms with van der Waals surface area (Å²) in [7, 11) is 0. The summed E-state index contributed by atoms with van der Waals surface area (Å²) in [5.74, 6) is 0.569. The van der Waals surface area contributed by atoms with E-state index in [2.05, 4.69) is 5.32 Å². The Labute approximate surface area is 124 Å². The first kappa shape index (κ1) is 14.7. The van der Waals surface area contributed by atoms with Crippen LogP contribution in [0.2, 0.25) is 5.02 Å². The lowest BCUT2D eigenvalue weighted by molar-refractivity contribution is -0.113. The fraction of sp³-hybridized carbons (Fsp3) is 0.533. The Morgan fingerprint density at radius 1 is 1.37 bits per heavy atom. The molecule has 0 bridgehead atoms. The smallest absolute Gasteiger partial charge is 0.234 e. The number of carbonyl (C=O) groups is 1. The van der Waals surface area contributed by atoms with Crippen molar-refractivity contribution in [3.63, 3.8) is 0 Å². The summed E-state index contributed by atoms with van der Waals surface area (Å²) in [5.41, 5.74) is 2.88. The molecular weight excluding hydrogens is 278 g/mol. The third kappa shape index (κ3) is 4.15. The Morgan fingerprint density at radius 2 is 2.05 bits per heavy atom. The van der Waals surface area contributed by atoms with Gasteiger partial charge in [-0.2, -0.15) is 0 Å². The molecule has 1 aliphatic rings. The highest BCUT2D eigenvalue weighted by molar-refractivity contribution is 8.00. The summed E-state index contributed by atoms with van der Waals surface area (Å²) in [6.45, 7) is 3.97. The topological polar surface area (TPSA) is 29.1 Å². The molecule has 1 amide bonds. The summed E-state index contributed by atoms with van der Waals surface area (Å²) >= 11 is 7.96. The van der Waals surface area contributed by atoms with E-state index in [0.29, 0.717) is 16.0 Å². The quantitative estimate of drug-likeness (QED) is 0.882. The van der Waals surface area contributed by atoms with E-state index in [1.54, 1.807) is 11.8 Å². The lowest BCUT2D eigenvalue weighted by atomic mass is 10.1. The average Bonchev–Trinajstić information content (AvgIpc) is 2.84. The van der Waals surface area contributed by atoms with Gasteiger partial charge in [0, 0.05) is 5.25 Å². The first-order valence-corrected chi connectivity index (χ1v) is 8.17. The Balaban J connectivity index is 1.91. The predicted octanol–water partition coefficient (Wildman–Crippen LogP) is 4.57. The van der Waals surface area contributed by atoms with E-state index in [4.69, 9.17) is 11.6 Å². The average molecular weight is 298 g/mol. The number of rotatable bonds is 4. The van der Waals surface area contributed by atoms with E-state index >= 15 is 0 Å². The molecule has 1 aromatic carbocycles. The van der Waals surface area contributed by atoms with Gasteiger partial charge in [0.15, 0.2) is 0 Å². The molecule has 2 rings (SSSR count). The highest BCUT2D eigenvalue weighted by atomic mass is 35.5. The van der Waals surface area contributed by atoms with Crippen molar-refractivity contribution in [1.82, 2.24) is 0 Å². The van der Waals surface area contributed by atoms with Crippen LogP contribution in [-0.2, 0) is 4.79 Å². The van der Waals surface area contributed by atoms with Gasteiger partial charge in [0.25, 0.3) is 0 Å². The highest BCUT2D eigenvalue weighted by Crippen LogP contribution is 2.30. The van der Waals surface area contributed by atoms with Crippen LogP contribution in [0, 0.1) is 13.8 Å². The number of halogens is 1. The molecule has 0 atom stereocenters. The van der Waals surface area contributed by atoms with Crippen molar-refractivity contribution in [2.45, 2.75) is 44.8 Å². The molecule has 1 fully saturated rings. The molecular formula is C15H20ClNOS. The van der Waals surface area contributed by atoms with Crippen LogP contribution in [0.1, 0.15) is 36.8 Å². The van der Waals surface area contributed by atoms with Gasteiger partial charge in [-0.1, -0.05) is 30.5 Å². The van der Waals surface area contributed by atoms with Crippen molar-refractivity contribution in [3.05, 3.63) is 28.3 Å². The van der Waals surface area contributed by atoms with Gasteiger partial charge in [0.2, 0.25) is 5.91 Å². The van der Waals surface area contributed by atoms with E-state index in [1.807, 2.05) is 26.0 Å². The van der Waals surface area contributed by atoms with Crippen LogP contribution in [0.15, 0.2) is 12.1 Å². The van der Waals surface area contributed by atoms with Crippen molar-refractivity contribution < 1.29 is 4.79 Å². The highest BCUT2D eigenvalue weighted by Gasteiger charge is 2.17. The second-order valence-corrected chi connectivity index (χ2v) is 6.90. The molecule has 0 aliphatic heterocycles. The summed E-state index contributed by atoms with van der Waals surface area (Å²) in [6.07, 6.45) is 5.12. The first-order chi connectivity index (χ1) is 9.06. The first-order valence-electron chi connectivity index (χ1n) is 6.74. The second-order valence-electron chi connectivity index (χ2n) is 5.20. The molecule has 0 saturated heterocycles. The maximum atomic E-state index is 12.0. The van der Waals surface area contributed by atoms with Crippen molar-refractivity contribution >= 4 is 35.0 Å². The van der Waals surface area contributed by atoms with Crippen LogP contribution in [0.5, 0.6) is 0 Å². The van der Waals surface area contributed by atoms with E-state index < -0.39 is 0 Å². The lowest BCUT2D eigenvalue weighted by Crippen LogP contribution is -2.17. The minimum Gasteiger partial charge on any atom is -0.324 e. The van der Waals surface area contributed by atoms with Crippen molar-refractivity contribution in [1.29, 1.82) is 0 Å². The zero-order valence-electron chi connectivity index (χ0n) is 11.5. The number of carbonyl (C=O) groups excluding carboxylic acids is 1. The third-order valence-electron chi connectivity index (χ3n) is 3.45. The zero-order chi connectivity index (χ0) is 13.8. The summed E-state index contributed by atoms with van der Waals surface area (Å²) in [6, 6.07) is 3.92. The number of aryl methyl sites for hydroxylation is 2. The summed E-state index contributed by atoms with van der Waals surface area (Å²) in [4.78, 5) is 12.0. The summed E-state index contributed by atoms with van der Waals surface area (Å²) in [5, 5.41) is 4.23. The van der Waals surface area contributed by atoms with Gasteiger partial charge in [-0.05, 0) is 43.9 Å². The van der Waals surface area contributed by atoms with Crippen LogP contribution in [0.25, 0.3) is 0 Å². The van der Waals surface area contributed by atoms with Gasteiger partial charge in [-0.25, -0.2) is 0 Å². The maximum absolute atomic E-state index is 12.0. The molecule has 19 heavy (non-hydrogen) atoms. The van der Waals surface area contributed by atoms with Gasteiger partial charge in [0.05, 0.1) is 16.5 Å². The van der Waals surface area contributed by atoms with Crippen LogP contribution in [0.4, 0.5) is 5.69 Å². The van der Waals surface area contributed by atoms with Gasteiger partial charge in [0.1, 0.15) is 0 Å². The normalized spacial score (nSPS) is 15.7. The van der Waals surface area contributed by atoms with Crippen molar-refractivity contribution in [2.75, 3.05) is 11.1 Å². The van der Waals surface area contributed by atoms with Crippen LogP contribution in [-0.4, -0.2) is 16.9 Å². The summed E-state index contributed by atoms with van der Waals surface area (Å²) < 4.78 is 0. The third-order valence-corrected chi connectivity index (χ3v) is 5.12. The number of amides is 1. The molecule has 0 radical (unpaired) electrons. The number of hydrogen-bond acceptors (Lipinski definition) is 2. The van der Waals surface area contributed by atoms with Crippen LogP contribution < -0.4 is 5.32 Å². The molecule has 4 heteroatoms. The lowest BCUT2D eigenvalue weighted by Gasteiger charge is -2.13. The van der Waals surface area contributed by atoms with Gasteiger partial charge in [-0.3, -0.25) is 4.79 Å². The van der Waals surface area contributed by atoms with E-state index in [1.165, 1.54) is 25.7 Å². The second kappa shape index (κ2) is 6.67. The number of nitrogens with one attached hydrogen (secondary N) is 1. The monoisotopic (exact) mass is 297 g/mol. The fourth-order valence-corrected chi connectivity index (χ4v) is 3.99. The van der Waals surface area contributed by atoms with Crippen LogP contribution >= 0.6 is 23.4 Å². The Hall–Kier alpha value is -0.670. The number of benzene rings is 1. The molecule has 0 unspecified atom stereocenters. The van der Waals surface area contributed by atoms with Crippen molar-refractivity contribution in [2.24, 2.45) is 0 Å². The van der Waals surface area contributed by atoms with E-state index in [-0.39, 0.29) is 5.91 Å². The molecule has 0 aromatic heterocycles. The molecule has 2 nitrogen and oxygen atoms in total. The van der Waals surface area contributed by atoms with Gasteiger partial charge >= 0.3 is 0 Å². The number of thioether (sulfide) groups is 1. The molecule has 0 heterocycles. The standard InChI is InChI=1S/C15H20ClNOS/c1-10-7-11(2)15(13(16)8-10)17-14(18)9-19-12-5-3-4-6-12/h7-8,12H,3-6,9H2,1-2H3,(H,17,18). The molecule has 1 saturated carbocycles.